The van der Waals surface area contributed by atoms with Gasteiger partial charge in [0.25, 0.3) is 5.91 Å². The minimum Gasteiger partial charge on any atom is -0.497 e. The smallest absolute Gasteiger partial charge is 0.256 e. The second-order valence-electron chi connectivity index (χ2n) is 6.80. The fraction of sp³-hybridized carbons (Fsp3) is 0.0909. The van der Waals surface area contributed by atoms with Crippen LogP contribution < -0.4 is 20.1 Å². The quantitative estimate of drug-likeness (QED) is 0.376. The molecular weight excluding hydrogens is 382 g/mol. The Balaban J connectivity index is 1.56. The van der Waals surface area contributed by atoms with Crippen molar-refractivity contribution in [2.45, 2.75) is 0 Å². The number of hydrogen-bond acceptors (Lipinski definition) is 5. The highest BCUT2D eigenvalue weighted by molar-refractivity contribution is 6.37. The highest BCUT2D eigenvalue weighted by Gasteiger charge is 2.28. The van der Waals surface area contributed by atoms with Gasteiger partial charge in [0.2, 0.25) is 5.95 Å². The van der Waals surface area contributed by atoms with E-state index in [1.807, 2.05) is 42.5 Å². The van der Waals surface area contributed by atoms with Crippen molar-refractivity contribution in [2.75, 3.05) is 24.9 Å². The van der Waals surface area contributed by atoms with E-state index in [1.54, 1.807) is 26.5 Å². The lowest BCUT2D eigenvalue weighted by Gasteiger charge is -2.04. The number of fused-ring (bicyclic) bond motifs is 3. The van der Waals surface area contributed by atoms with E-state index in [9.17, 15) is 4.79 Å². The molecule has 1 aliphatic rings. The fourth-order valence-electron chi connectivity index (χ4n) is 3.57. The number of H-pyrrole nitrogens is 2. The molecule has 3 heterocycles. The van der Waals surface area contributed by atoms with Crippen LogP contribution in [0.5, 0.6) is 11.5 Å². The second kappa shape index (κ2) is 7.00. The molecule has 2 aromatic heterocycles. The summed E-state index contributed by atoms with van der Waals surface area (Å²) in [6.45, 7) is 0. The number of nitrogens with zero attached hydrogens (tertiary/aromatic N) is 1. The largest absolute Gasteiger partial charge is 0.497 e. The van der Waals surface area contributed by atoms with Gasteiger partial charge in [0, 0.05) is 17.4 Å². The van der Waals surface area contributed by atoms with Crippen LogP contribution in [0.1, 0.15) is 11.3 Å². The molecular formula is C22H19N5O3. The molecule has 0 atom stereocenters. The summed E-state index contributed by atoms with van der Waals surface area (Å²) in [6.07, 6.45) is 3.55. The number of benzene rings is 2. The monoisotopic (exact) mass is 401 g/mol. The minimum atomic E-state index is -0.179. The Hall–Kier alpha value is -4.20. The number of ether oxygens (including phenoxy) is 2. The molecule has 0 saturated carbocycles. The molecule has 30 heavy (non-hydrogen) atoms. The number of carbonyl (C=O) groups excluding carboxylic acids is 1. The summed E-state index contributed by atoms with van der Waals surface area (Å²) in [6, 6.07) is 13.1. The normalized spacial score (nSPS) is 14.1. The summed E-state index contributed by atoms with van der Waals surface area (Å²) in [7, 11) is 3.22. The van der Waals surface area contributed by atoms with Crippen molar-refractivity contribution in [3.8, 4) is 11.5 Å². The maximum Gasteiger partial charge on any atom is 0.256 e. The lowest BCUT2D eigenvalue weighted by molar-refractivity contribution is -0.110. The average Bonchev–Trinajstić information content (AvgIpc) is 3.45. The van der Waals surface area contributed by atoms with Crippen LogP contribution in [0, 0.1) is 0 Å². The average molecular weight is 401 g/mol. The first kappa shape index (κ1) is 17.9. The number of imidazole rings is 1. The summed E-state index contributed by atoms with van der Waals surface area (Å²) < 4.78 is 10.5. The van der Waals surface area contributed by atoms with E-state index in [0.29, 0.717) is 22.8 Å². The van der Waals surface area contributed by atoms with Crippen molar-refractivity contribution in [1.29, 1.82) is 0 Å². The number of hydrogen-bond donors (Lipinski definition) is 4. The number of anilines is 3. The van der Waals surface area contributed by atoms with Gasteiger partial charge in [-0.2, -0.15) is 0 Å². The van der Waals surface area contributed by atoms with Gasteiger partial charge >= 0.3 is 0 Å². The van der Waals surface area contributed by atoms with Gasteiger partial charge in [0.15, 0.2) is 0 Å². The van der Waals surface area contributed by atoms with Gasteiger partial charge in [-0.15, -0.1) is 0 Å². The maximum absolute atomic E-state index is 12.7. The van der Waals surface area contributed by atoms with E-state index >= 15 is 0 Å². The SMILES string of the molecule is COc1ccc(Nc2nc3c4c(ccc3[nH]2)NC(=O)C4=Cc2[nH]ccc2OC)cc1. The van der Waals surface area contributed by atoms with E-state index in [0.717, 1.165) is 33.9 Å². The Labute approximate surface area is 171 Å². The summed E-state index contributed by atoms with van der Waals surface area (Å²) in [5.74, 6) is 1.85. The van der Waals surface area contributed by atoms with E-state index in [-0.39, 0.29) is 5.91 Å². The number of amides is 1. The van der Waals surface area contributed by atoms with Gasteiger partial charge in [-0.1, -0.05) is 0 Å². The molecule has 4 aromatic rings. The Morgan fingerprint density at radius 1 is 1.03 bits per heavy atom. The number of methoxy groups -OCH3 is 2. The fourth-order valence-corrected chi connectivity index (χ4v) is 3.57. The van der Waals surface area contributed by atoms with E-state index in [1.165, 1.54) is 0 Å². The van der Waals surface area contributed by atoms with Gasteiger partial charge in [0.05, 0.1) is 36.7 Å². The van der Waals surface area contributed by atoms with Crippen molar-refractivity contribution in [1.82, 2.24) is 15.0 Å². The number of carbonyl (C=O) groups is 1. The van der Waals surface area contributed by atoms with Crippen molar-refractivity contribution in [2.24, 2.45) is 0 Å². The lowest BCUT2D eigenvalue weighted by Crippen LogP contribution is -2.03. The van der Waals surface area contributed by atoms with Gasteiger partial charge in [0.1, 0.15) is 17.0 Å². The first-order valence-corrected chi connectivity index (χ1v) is 9.35. The third-order valence-electron chi connectivity index (χ3n) is 5.02. The minimum absolute atomic E-state index is 0.179. The third-order valence-corrected chi connectivity index (χ3v) is 5.02. The molecule has 0 bridgehead atoms. The molecule has 0 radical (unpaired) electrons. The van der Waals surface area contributed by atoms with Gasteiger partial charge in [-0.3, -0.25) is 4.79 Å². The Morgan fingerprint density at radius 2 is 1.87 bits per heavy atom. The number of aromatic amines is 2. The molecule has 8 heteroatoms. The molecule has 0 aliphatic carbocycles. The van der Waals surface area contributed by atoms with Crippen molar-refractivity contribution < 1.29 is 14.3 Å². The predicted molar refractivity (Wildman–Crippen MR) is 116 cm³/mol. The maximum atomic E-state index is 12.7. The zero-order chi connectivity index (χ0) is 20.7. The van der Waals surface area contributed by atoms with Gasteiger partial charge < -0.3 is 30.1 Å². The lowest BCUT2D eigenvalue weighted by atomic mass is 10.0. The molecule has 2 aromatic carbocycles. The van der Waals surface area contributed by atoms with Crippen molar-refractivity contribution in [3.05, 3.63) is 59.9 Å². The molecule has 8 nitrogen and oxygen atoms in total. The van der Waals surface area contributed by atoms with Crippen LogP contribution >= 0.6 is 0 Å². The third kappa shape index (κ3) is 2.95. The van der Waals surface area contributed by atoms with Crippen LogP contribution in [-0.4, -0.2) is 35.1 Å². The first-order valence-electron chi connectivity index (χ1n) is 9.35. The Morgan fingerprint density at radius 3 is 2.63 bits per heavy atom. The second-order valence-corrected chi connectivity index (χ2v) is 6.80. The molecule has 0 spiro atoms. The number of aromatic nitrogens is 3. The molecule has 1 amide bonds. The van der Waals surface area contributed by atoms with E-state index in [4.69, 9.17) is 14.5 Å². The van der Waals surface area contributed by atoms with Crippen molar-refractivity contribution >= 4 is 45.9 Å². The van der Waals surface area contributed by atoms with Crippen molar-refractivity contribution in [3.63, 3.8) is 0 Å². The van der Waals surface area contributed by atoms with Gasteiger partial charge in [-0.25, -0.2) is 4.98 Å². The Bertz CT molecular complexity index is 1280. The molecule has 4 N–H and O–H groups in total. The van der Waals surface area contributed by atoms with Crippen LogP contribution in [0.3, 0.4) is 0 Å². The van der Waals surface area contributed by atoms with Crippen LogP contribution in [0.15, 0.2) is 48.7 Å². The van der Waals surface area contributed by atoms with Crippen LogP contribution in [0.25, 0.3) is 22.7 Å². The van der Waals surface area contributed by atoms with Crippen LogP contribution in [0.2, 0.25) is 0 Å². The van der Waals surface area contributed by atoms with Gasteiger partial charge in [-0.05, 0) is 48.5 Å². The highest BCUT2D eigenvalue weighted by atomic mass is 16.5. The molecule has 1 aliphatic heterocycles. The van der Waals surface area contributed by atoms with Crippen LogP contribution in [-0.2, 0) is 4.79 Å². The molecule has 0 fully saturated rings. The standard InChI is InChI=1S/C22H19N5O3/c1-29-13-5-3-12(4-6-13)24-22-26-16-8-7-15-19(20(16)27-22)14(21(28)25-15)11-17-18(30-2)9-10-23-17/h3-11,23H,1-2H3,(H,25,28)(H2,24,26,27). The number of nitrogens with one attached hydrogen (secondary N) is 4. The molecule has 150 valence electrons. The Kier molecular flexibility index (Phi) is 4.17. The molecule has 0 unspecified atom stereocenters. The summed E-state index contributed by atoms with van der Waals surface area (Å²) in [4.78, 5) is 23.7. The van der Waals surface area contributed by atoms with Crippen LogP contribution in [0.4, 0.5) is 17.3 Å². The summed E-state index contributed by atoms with van der Waals surface area (Å²) in [5, 5.41) is 6.16. The highest BCUT2D eigenvalue weighted by Crippen LogP contribution is 2.39. The van der Waals surface area contributed by atoms with E-state index < -0.39 is 0 Å². The topological polar surface area (TPSA) is 104 Å². The first-order chi connectivity index (χ1) is 14.7. The molecule has 5 rings (SSSR count). The molecule has 0 saturated heterocycles. The zero-order valence-electron chi connectivity index (χ0n) is 16.4. The summed E-state index contributed by atoms with van der Waals surface area (Å²) >= 11 is 0. The number of rotatable bonds is 5. The van der Waals surface area contributed by atoms with E-state index in [2.05, 4.69) is 20.6 Å². The predicted octanol–water partition coefficient (Wildman–Crippen LogP) is 4.14. The summed E-state index contributed by atoms with van der Waals surface area (Å²) in [5.41, 5.74) is 5.13. The zero-order valence-corrected chi connectivity index (χ0v) is 16.4.